The minimum Gasteiger partial charge on any atom is -0.457 e. The lowest BCUT2D eigenvalue weighted by Crippen LogP contribution is -2.26. The first kappa shape index (κ1) is 14.1. The SMILES string of the molecule is CCCCCCC1CCC(c2ccccc2)OC1=O. The van der Waals surface area contributed by atoms with Crippen molar-refractivity contribution in [2.45, 2.75) is 58.0 Å². The van der Waals surface area contributed by atoms with Crippen LogP contribution < -0.4 is 0 Å². The third-order valence-electron chi connectivity index (χ3n) is 3.95. The molecule has 1 saturated heterocycles. The summed E-state index contributed by atoms with van der Waals surface area (Å²) in [5.74, 6) is 0.147. The number of esters is 1. The third-order valence-corrected chi connectivity index (χ3v) is 3.95. The number of cyclic esters (lactones) is 1. The highest BCUT2D eigenvalue weighted by Gasteiger charge is 2.30. The Kier molecular flexibility index (Phi) is 5.44. The lowest BCUT2D eigenvalue weighted by Gasteiger charge is -2.28. The van der Waals surface area contributed by atoms with Crippen molar-refractivity contribution in [1.29, 1.82) is 0 Å². The second-order valence-corrected chi connectivity index (χ2v) is 5.46. The smallest absolute Gasteiger partial charge is 0.309 e. The summed E-state index contributed by atoms with van der Waals surface area (Å²) in [5, 5.41) is 0. The van der Waals surface area contributed by atoms with Crippen molar-refractivity contribution in [3.8, 4) is 0 Å². The van der Waals surface area contributed by atoms with E-state index < -0.39 is 0 Å². The Morgan fingerprint density at radius 2 is 1.89 bits per heavy atom. The number of unbranched alkanes of at least 4 members (excludes halogenated alkanes) is 3. The van der Waals surface area contributed by atoms with Crippen molar-refractivity contribution in [1.82, 2.24) is 0 Å². The van der Waals surface area contributed by atoms with E-state index in [1.807, 2.05) is 30.3 Å². The zero-order valence-corrected chi connectivity index (χ0v) is 11.8. The van der Waals surface area contributed by atoms with E-state index in [0.29, 0.717) is 0 Å². The Balaban J connectivity index is 1.80. The van der Waals surface area contributed by atoms with Gasteiger partial charge in [-0.1, -0.05) is 62.9 Å². The predicted molar refractivity (Wildman–Crippen MR) is 76.8 cm³/mol. The van der Waals surface area contributed by atoms with Gasteiger partial charge in [-0.05, 0) is 24.8 Å². The van der Waals surface area contributed by atoms with Gasteiger partial charge in [0.25, 0.3) is 0 Å². The van der Waals surface area contributed by atoms with Crippen LogP contribution in [0.5, 0.6) is 0 Å². The number of benzene rings is 1. The molecule has 1 aliphatic rings. The molecule has 2 atom stereocenters. The first-order valence-corrected chi connectivity index (χ1v) is 7.56. The fraction of sp³-hybridized carbons (Fsp3) is 0.588. The molecule has 0 saturated carbocycles. The first-order valence-electron chi connectivity index (χ1n) is 7.56. The van der Waals surface area contributed by atoms with Gasteiger partial charge in [0, 0.05) is 0 Å². The second-order valence-electron chi connectivity index (χ2n) is 5.46. The van der Waals surface area contributed by atoms with Crippen molar-refractivity contribution in [3.05, 3.63) is 35.9 Å². The van der Waals surface area contributed by atoms with Crippen LogP contribution in [-0.4, -0.2) is 5.97 Å². The minimum absolute atomic E-state index is 0.0107. The molecule has 1 aliphatic heterocycles. The monoisotopic (exact) mass is 260 g/mol. The van der Waals surface area contributed by atoms with E-state index in [-0.39, 0.29) is 18.0 Å². The van der Waals surface area contributed by atoms with Gasteiger partial charge in [-0.15, -0.1) is 0 Å². The van der Waals surface area contributed by atoms with Gasteiger partial charge in [0.1, 0.15) is 6.10 Å². The number of carbonyl (C=O) groups is 1. The van der Waals surface area contributed by atoms with Crippen LogP contribution in [0.1, 0.15) is 63.5 Å². The van der Waals surface area contributed by atoms with Crippen LogP contribution in [0.3, 0.4) is 0 Å². The number of hydrogen-bond acceptors (Lipinski definition) is 2. The molecule has 2 unspecified atom stereocenters. The van der Waals surface area contributed by atoms with Gasteiger partial charge in [0.15, 0.2) is 0 Å². The van der Waals surface area contributed by atoms with Crippen LogP contribution in [0, 0.1) is 5.92 Å². The summed E-state index contributed by atoms with van der Waals surface area (Å²) >= 11 is 0. The number of ether oxygens (including phenoxy) is 1. The molecule has 0 N–H and O–H groups in total. The molecule has 2 heteroatoms. The Bertz CT molecular complexity index is 386. The molecule has 2 nitrogen and oxygen atoms in total. The van der Waals surface area contributed by atoms with E-state index in [2.05, 4.69) is 6.92 Å². The molecule has 1 aromatic rings. The molecule has 19 heavy (non-hydrogen) atoms. The van der Waals surface area contributed by atoms with Crippen molar-refractivity contribution in [2.24, 2.45) is 5.92 Å². The summed E-state index contributed by atoms with van der Waals surface area (Å²) in [6, 6.07) is 10.1. The van der Waals surface area contributed by atoms with Gasteiger partial charge in [-0.25, -0.2) is 0 Å². The van der Waals surface area contributed by atoms with E-state index in [1.165, 1.54) is 19.3 Å². The minimum atomic E-state index is -0.0272. The molecule has 104 valence electrons. The molecule has 0 aromatic heterocycles. The Morgan fingerprint density at radius 3 is 2.58 bits per heavy atom. The Morgan fingerprint density at radius 1 is 1.11 bits per heavy atom. The molecule has 0 aliphatic carbocycles. The largest absolute Gasteiger partial charge is 0.457 e. The highest BCUT2D eigenvalue weighted by atomic mass is 16.5. The molecule has 1 heterocycles. The lowest BCUT2D eigenvalue weighted by atomic mass is 9.90. The molecular weight excluding hydrogens is 236 g/mol. The molecule has 1 aromatic carbocycles. The molecule has 0 bridgehead atoms. The van der Waals surface area contributed by atoms with Gasteiger partial charge in [0.05, 0.1) is 5.92 Å². The van der Waals surface area contributed by atoms with Gasteiger partial charge >= 0.3 is 5.97 Å². The summed E-state index contributed by atoms with van der Waals surface area (Å²) < 4.78 is 5.60. The maximum absolute atomic E-state index is 12.0. The first-order chi connectivity index (χ1) is 9.31. The summed E-state index contributed by atoms with van der Waals surface area (Å²) in [5.41, 5.74) is 1.13. The summed E-state index contributed by atoms with van der Waals surface area (Å²) in [6.07, 6.45) is 7.82. The van der Waals surface area contributed by atoms with E-state index >= 15 is 0 Å². The maximum Gasteiger partial charge on any atom is 0.309 e. The van der Waals surface area contributed by atoms with E-state index in [4.69, 9.17) is 4.74 Å². The number of rotatable bonds is 6. The fourth-order valence-electron chi connectivity index (χ4n) is 2.75. The van der Waals surface area contributed by atoms with E-state index in [0.717, 1.165) is 31.2 Å². The van der Waals surface area contributed by atoms with Crippen LogP contribution in [0.2, 0.25) is 0 Å². The van der Waals surface area contributed by atoms with Gasteiger partial charge < -0.3 is 4.74 Å². The van der Waals surface area contributed by atoms with Crippen LogP contribution >= 0.6 is 0 Å². The molecule has 2 rings (SSSR count). The van der Waals surface area contributed by atoms with Gasteiger partial charge in [-0.3, -0.25) is 4.79 Å². The van der Waals surface area contributed by atoms with Crippen molar-refractivity contribution < 1.29 is 9.53 Å². The Labute approximate surface area is 116 Å². The highest BCUT2D eigenvalue weighted by Crippen LogP contribution is 2.33. The second kappa shape index (κ2) is 7.32. The van der Waals surface area contributed by atoms with Crippen LogP contribution in [0.4, 0.5) is 0 Å². The normalized spacial score (nSPS) is 23.1. The molecule has 0 radical (unpaired) electrons. The predicted octanol–water partition coefficient (Wildman–Crippen LogP) is 4.65. The average molecular weight is 260 g/mol. The van der Waals surface area contributed by atoms with Gasteiger partial charge in [-0.2, -0.15) is 0 Å². The summed E-state index contributed by atoms with van der Waals surface area (Å²) in [4.78, 5) is 12.0. The fourth-order valence-corrected chi connectivity index (χ4v) is 2.75. The Hall–Kier alpha value is -1.31. The van der Waals surface area contributed by atoms with Crippen LogP contribution in [0.25, 0.3) is 0 Å². The van der Waals surface area contributed by atoms with Crippen molar-refractivity contribution in [3.63, 3.8) is 0 Å². The molecular formula is C17H24O2. The van der Waals surface area contributed by atoms with Crippen molar-refractivity contribution >= 4 is 5.97 Å². The van der Waals surface area contributed by atoms with Crippen molar-refractivity contribution in [2.75, 3.05) is 0 Å². The maximum atomic E-state index is 12.0. The van der Waals surface area contributed by atoms with Crippen LogP contribution in [-0.2, 0) is 9.53 Å². The summed E-state index contributed by atoms with van der Waals surface area (Å²) in [6.45, 7) is 2.21. The molecule has 0 spiro atoms. The summed E-state index contributed by atoms with van der Waals surface area (Å²) in [7, 11) is 0. The number of hydrogen-bond donors (Lipinski definition) is 0. The highest BCUT2D eigenvalue weighted by molar-refractivity contribution is 5.73. The van der Waals surface area contributed by atoms with E-state index in [9.17, 15) is 4.79 Å². The van der Waals surface area contributed by atoms with E-state index in [1.54, 1.807) is 0 Å². The standard InChI is InChI=1S/C17H24O2/c1-2-3-4-6-11-15-12-13-16(19-17(15)18)14-9-7-5-8-10-14/h5,7-10,15-16H,2-4,6,11-13H2,1H3. The van der Waals surface area contributed by atoms with Gasteiger partial charge in [0.2, 0.25) is 0 Å². The topological polar surface area (TPSA) is 26.3 Å². The average Bonchev–Trinajstić information content (AvgIpc) is 2.46. The quantitative estimate of drug-likeness (QED) is 0.549. The molecule has 0 amide bonds. The van der Waals surface area contributed by atoms with Crippen LogP contribution in [0.15, 0.2) is 30.3 Å². The zero-order valence-electron chi connectivity index (χ0n) is 11.8. The number of carbonyl (C=O) groups excluding carboxylic acids is 1. The zero-order chi connectivity index (χ0) is 13.5. The molecule has 1 fully saturated rings. The lowest BCUT2D eigenvalue weighted by molar-refractivity contribution is -0.161. The third kappa shape index (κ3) is 4.09.